The molecule has 6 aromatic rings. The number of amides is 3. The van der Waals surface area contributed by atoms with Gasteiger partial charge in [-0.15, -0.1) is 0 Å². The standard InChI is InChI=1S/C18H16BrCl2NO3.C18H15Cl2NO5.C18H17Cl2NO4/c1-25-18(24)15(9-11-5-7-12(10-19)8-6-11)22-17(23)16-13(20)3-2-4-14(16)21;1-26-18(25)14(9-10-5-7-11(8-6-10)17(23)24)21-16(22)15-12(19)3-2-4-13(15)20;1-25-18(24)15(9-11-5-7-12(10-22)8-6-11)21-17(23)16-13(19)3-2-4-14(16)20/h2-8,15H,9-10H2,1H3,(H,22,23);2-8,14H,9H2,1H3,(H,21,22)(H,23,24);2-8,15,22H,9-10H2,1H3,(H,21,23)/t15-;14-;15-/m000/s1. The van der Waals surface area contributed by atoms with E-state index in [-0.39, 0.29) is 71.8 Å². The van der Waals surface area contributed by atoms with Gasteiger partial charge >= 0.3 is 23.9 Å². The fourth-order valence-corrected chi connectivity index (χ4v) is 8.96. The van der Waals surface area contributed by atoms with Crippen molar-refractivity contribution in [2.24, 2.45) is 0 Å². The van der Waals surface area contributed by atoms with Crippen LogP contribution in [0.25, 0.3) is 0 Å². The molecule has 0 aromatic heterocycles. The highest BCUT2D eigenvalue weighted by molar-refractivity contribution is 9.08. The zero-order chi connectivity index (χ0) is 56.1. The van der Waals surface area contributed by atoms with Gasteiger partial charge < -0.3 is 40.4 Å². The summed E-state index contributed by atoms with van der Waals surface area (Å²) >= 11 is 39.6. The number of hydrogen-bond donors (Lipinski definition) is 5. The summed E-state index contributed by atoms with van der Waals surface area (Å²) in [5, 5.41) is 27.7. The Morgan fingerprint density at radius 2 is 0.684 bits per heavy atom. The molecule has 0 aliphatic rings. The fourth-order valence-electron chi connectivity index (χ4n) is 6.88. The van der Waals surface area contributed by atoms with Gasteiger partial charge in [-0.1, -0.05) is 164 Å². The lowest BCUT2D eigenvalue weighted by atomic mass is 10.0. The number of benzene rings is 6. The molecular formula is C54H48BrCl6N3O12. The average molecular weight is 1220 g/mol. The van der Waals surface area contributed by atoms with Crippen molar-refractivity contribution in [1.82, 2.24) is 16.0 Å². The van der Waals surface area contributed by atoms with E-state index in [2.05, 4.69) is 31.9 Å². The van der Waals surface area contributed by atoms with Crippen LogP contribution in [-0.2, 0) is 59.8 Å². The van der Waals surface area contributed by atoms with Crippen molar-refractivity contribution in [2.45, 2.75) is 49.3 Å². The second kappa shape index (κ2) is 31.1. The lowest BCUT2D eigenvalue weighted by Crippen LogP contribution is -2.43. The van der Waals surface area contributed by atoms with Crippen LogP contribution < -0.4 is 16.0 Å². The van der Waals surface area contributed by atoms with Gasteiger partial charge in [0.25, 0.3) is 17.7 Å². The first-order valence-electron chi connectivity index (χ1n) is 22.4. The molecule has 3 amide bonds. The third kappa shape index (κ3) is 18.5. The number of methoxy groups -OCH3 is 3. The molecule has 0 saturated carbocycles. The normalized spacial score (nSPS) is 11.6. The van der Waals surface area contributed by atoms with Crippen molar-refractivity contribution in [2.75, 3.05) is 21.3 Å². The van der Waals surface area contributed by atoms with E-state index in [4.69, 9.17) is 94.0 Å². The maximum absolute atomic E-state index is 12.5. The maximum Gasteiger partial charge on any atom is 0.335 e. The van der Waals surface area contributed by atoms with Crippen LogP contribution in [0.1, 0.15) is 69.2 Å². The number of carboxylic acid groups (broad SMARTS) is 1. The Balaban J connectivity index is 0.000000246. The van der Waals surface area contributed by atoms with E-state index in [1.807, 2.05) is 24.3 Å². The second-order valence-corrected chi connectivity index (χ2v) is 19.0. The van der Waals surface area contributed by atoms with Crippen LogP contribution in [0, 0.1) is 0 Å². The Kier molecular flexibility index (Phi) is 25.5. The number of carbonyl (C=O) groups is 7. The number of carboxylic acids is 1. The highest BCUT2D eigenvalue weighted by atomic mass is 79.9. The molecule has 0 saturated heterocycles. The van der Waals surface area contributed by atoms with Gasteiger partial charge in [0.05, 0.1) is 80.3 Å². The molecule has 6 aromatic carbocycles. The third-order valence-electron chi connectivity index (χ3n) is 10.8. The van der Waals surface area contributed by atoms with Crippen molar-refractivity contribution in [1.29, 1.82) is 0 Å². The summed E-state index contributed by atoms with van der Waals surface area (Å²) in [6, 6.07) is 32.1. The van der Waals surface area contributed by atoms with Gasteiger partial charge in [0.15, 0.2) is 0 Å². The molecule has 0 bridgehead atoms. The molecule has 22 heteroatoms. The molecule has 3 atom stereocenters. The van der Waals surface area contributed by atoms with Crippen LogP contribution in [0.3, 0.4) is 0 Å². The van der Waals surface area contributed by atoms with Crippen LogP contribution in [0.15, 0.2) is 127 Å². The zero-order valence-electron chi connectivity index (χ0n) is 40.5. The largest absolute Gasteiger partial charge is 0.478 e. The van der Waals surface area contributed by atoms with Gasteiger partial charge in [-0.05, 0) is 76.3 Å². The van der Waals surface area contributed by atoms with Gasteiger partial charge in [0.2, 0.25) is 0 Å². The number of halogens is 7. The van der Waals surface area contributed by atoms with E-state index in [9.17, 15) is 33.6 Å². The Hall–Kier alpha value is -6.21. The van der Waals surface area contributed by atoms with Gasteiger partial charge in [0.1, 0.15) is 18.1 Å². The molecule has 0 aliphatic heterocycles. The van der Waals surface area contributed by atoms with Crippen molar-refractivity contribution in [3.05, 3.63) is 208 Å². The quantitative estimate of drug-likeness (QED) is 0.0308. The van der Waals surface area contributed by atoms with Gasteiger partial charge in [-0.25, -0.2) is 19.2 Å². The van der Waals surface area contributed by atoms with E-state index in [1.165, 1.54) is 45.6 Å². The summed E-state index contributed by atoms with van der Waals surface area (Å²) in [6.07, 6.45) is 0.635. The van der Waals surface area contributed by atoms with Gasteiger partial charge in [-0.3, -0.25) is 14.4 Å². The molecule has 0 spiro atoms. The number of aliphatic hydroxyl groups is 1. The van der Waals surface area contributed by atoms with E-state index >= 15 is 0 Å². The molecule has 0 unspecified atom stereocenters. The van der Waals surface area contributed by atoms with E-state index in [0.29, 0.717) is 12.0 Å². The topological polar surface area (TPSA) is 224 Å². The number of hydrogen-bond acceptors (Lipinski definition) is 11. The first kappa shape index (κ1) is 62.3. The molecule has 400 valence electrons. The predicted molar refractivity (Wildman–Crippen MR) is 295 cm³/mol. The third-order valence-corrected chi connectivity index (χ3v) is 13.4. The smallest absolute Gasteiger partial charge is 0.335 e. The molecule has 0 aliphatic carbocycles. The van der Waals surface area contributed by atoms with E-state index < -0.39 is 59.7 Å². The number of rotatable bonds is 18. The number of carbonyl (C=O) groups excluding carboxylic acids is 6. The number of esters is 3. The number of nitrogens with one attached hydrogen (secondary N) is 3. The molecule has 5 N–H and O–H groups in total. The molecule has 0 radical (unpaired) electrons. The Morgan fingerprint density at radius 3 is 0.921 bits per heavy atom. The first-order valence-corrected chi connectivity index (χ1v) is 25.8. The fraction of sp³-hybridized carbons (Fsp3) is 0.204. The second-order valence-electron chi connectivity index (χ2n) is 16.0. The molecule has 6 rings (SSSR count). The number of alkyl halides is 1. The van der Waals surface area contributed by atoms with Crippen LogP contribution in [0.2, 0.25) is 30.1 Å². The van der Waals surface area contributed by atoms with Gasteiger partial charge in [-0.2, -0.15) is 0 Å². The summed E-state index contributed by atoms with van der Waals surface area (Å²) in [5.74, 6) is -4.52. The predicted octanol–water partition coefficient (Wildman–Crippen LogP) is 10.6. The van der Waals surface area contributed by atoms with Crippen molar-refractivity contribution >= 4 is 127 Å². The summed E-state index contributed by atoms with van der Waals surface area (Å²) < 4.78 is 14.3. The average Bonchev–Trinajstić information content (AvgIpc) is 3.40. The molecule has 76 heavy (non-hydrogen) atoms. The highest BCUT2D eigenvalue weighted by Gasteiger charge is 2.28. The minimum Gasteiger partial charge on any atom is -0.478 e. The molecular weight excluding hydrogens is 1180 g/mol. The minimum absolute atomic E-state index is 0.0611. The summed E-state index contributed by atoms with van der Waals surface area (Å²) in [7, 11) is 3.73. The Bertz CT molecular complexity index is 2810. The van der Waals surface area contributed by atoms with Gasteiger partial charge in [0, 0.05) is 24.6 Å². The molecule has 15 nitrogen and oxygen atoms in total. The first-order chi connectivity index (χ1) is 36.2. The number of aliphatic hydroxyl groups excluding tert-OH is 1. The van der Waals surface area contributed by atoms with Crippen molar-refractivity contribution in [3.8, 4) is 0 Å². The van der Waals surface area contributed by atoms with Crippen LogP contribution in [0.5, 0.6) is 0 Å². The Labute approximate surface area is 476 Å². The lowest BCUT2D eigenvalue weighted by Gasteiger charge is -2.17. The van der Waals surface area contributed by atoms with Crippen molar-refractivity contribution < 1.29 is 58.0 Å². The summed E-state index contributed by atoms with van der Waals surface area (Å²) in [4.78, 5) is 84.5. The monoisotopic (exact) mass is 1220 g/mol. The zero-order valence-corrected chi connectivity index (χ0v) is 46.6. The van der Waals surface area contributed by atoms with Crippen LogP contribution >= 0.6 is 85.5 Å². The lowest BCUT2D eigenvalue weighted by molar-refractivity contribution is -0.143. The number of aromatic carboxylic acids is 1. The number of ether oxygens (including phenoxy) is 3. The van der Waals surface area contributed by atoms with Crippen LogP contribution in [-0.4, -0.2) is 91.3 Å². The SMILES string of the molecule is COC(=O)[C@H](Cc1ccc(C(=O)O)cc1)NC(=O)c1c(Cl)cccc1Cl.COC(=O)[C@H](Cc1ccc(CBr)cc1)NC(=O)c1c(Cl)cccc1Cl.COC(=O)[C@H](Cc1ccc(CO)cc1)NC(=O)c1c(Cl)cccc1Cl. The van der Waals surface area contributed by atoms with Crippen LogP contribution in [0.4, 0.5) is 0 Å². The molecule has 0 fully saturated rings. The summed E-state index contributed by atoms with van der Waals surface area (Å²) in [6.45, 7) is -0.0670. The Morgan fingerprint density at radius 1 is 0.434 bits per heavy atom. The molecule has 0 heterocycles. The highest BCUT2D eigenvalue weighted by Crippen LogP contribution is 2.27. The minimum atomic E-state index is -1.05. The van der Waals surface area contributed by atoms with E-state index in [0.717, 1.165) is 27.6 Å². The van der Waals surface area contributed by atoms with E-state index in [1.54, 1.807) is 78.9 Å². The summed E-state index contributed by atoms with van der Waals surface area (Å²) in [5.41, 5.74) is 4.64. The van der Waals surface area contributed by atoms with Crippen molar-refractivity contribution in [3.63, 3.8) is 0 Å². The maximum atomic E-state index is 12.5.